The summed E-state index contributed by atoms with van der Waals surface area (Å²) >= 11 is 0. The van der Waals surface area contributed by atoms with Crippen LogP contribution in [0.15, 0.2) is 23.1 Å². The van der Waals surface area contributed by atoms with E-state index in [1.54, 1.807) is 7.05 Å². The van der Waals surface area contributed by atoms with Crippen LogP contribution in [0.25, 0.3) is 10.8 Å². The highest BCUT2D eigenvalue weighted by molar-refractivity contribution is 5.85. The molecule has 0 aliphatic carbocycles. The summed E-state index contributed by atoms with van der Waals surface area (Å²) in [6, 6.07) is 2.38. The summed E-state index contributed by atoms with van der Waals surface area (Å²) < 4.78 is 26.7. The smallest absolute Gasteiger partial charge is 0.258 e. The second-order valence-corrected chi connectivity index (χ2v) is 3.87. The van der Waals surface area contributed by atoms with Gasteiger partial charge in [-0.3, -0.25) is 4.79 Å². The number of halogens is 2. The van der Waals surface area contributed by atoms with Gasteiger partial charge in [-0.15, -0.1) is 0 Å². The van der Waals surface area contributed by atoms with Gasteiger partial charge in [-0.1, -0.05) is 6.07 Å². The van der Waals surface area contributed by atoms with Crippen molar-refractivity contribution >= 4 is 10.8 Å². The molecular formula is C12H12F2N2O. The summed E-state index contributed by atoms with van der Waals surface area (Å²) in [6.45, 7) is 1.87. The monoisotopic (exact) mass is 238 g/mol. The molecule has 0 saturated carbocycles. The van der Waals surface area contributed by atoms with Crippen LogP contribution in [0.1, 0.15) is 18.5 Å². The predicted octanol–water partition coefficient (Wildman–Crippen LogP) is 2.09. The van der Waals surface area contributed by atoms with Crippen LogP contribution in [-0.4, -0.2) is 12.0 Å². The number of hydrogen-bond donors (Lipinski definition) is 2. The molecule has 0 saturated heterocycles. The van der Waals surface area contributed by atoms with E-state index in [0.29, 0.717) is 5.39 Å². The molecule has 0 aliphatic rings. The van der Waals surface area contributed by atoms with Crippen LogP contribution in [0.5, 0.6) is 0 Å². The zero-order valence-electron chi connectivity index (χ0n) is 9.47. The Labute approximate surface area is 96.5 Å². The van der Waals surface area contributed by atoms with E-state index in [1.165, 1.54) is 12.3 Å². The molecule has 0 spiro atoms. The Morgan fingerprint density at radius 3 is 2.71 bits per heavy atom. The topological polar surface area (TPSA) is 44.9 Å². The minimum absolute atomic E-state index is 0.0702. The fraction of sp³-hybridized carbons (Fsp3) is 0.250. The Kier molecular flexibility index (Phi) is 2.93. The summed E-state index contributed by atoms with van der Waals surface area (Å²) in [5, 5.41) is 3.18. The second-order valence-electron chi connectivity index (χ2n) is 3.87. The van der Waals surface area contributed by atoms with Crippen LogP contribution in [0.4, 0.5) is 8.78 Å². The molecule has 0 radical (unpaired) electrons. The molecule has 17 heavy (non-hydrogen) atoms. The molecule has 3 nitrogen and oxygen atoms in total. The first kappa shape index (κ1) is 11.7. The fourth-order valence-electron chi connectivity index (χ4n) is 1.82. The number of aromatic nitrogens is 1. The molecule has 2 rings (SSSR count). The van der Waals surface area contributed by atoms with Gasteiger partial charge in [0, 0.05) is 12.2 Å². The van der Waals surface area contributed by atoms with E-state index in [0.717, 1.165) is 11.6 Å². The number of H-pyrrole nitrogens is 1. The Morgan fingerprint density at radius 2 is 2.06 bits per heavy atom. The normalized spacial score (nSPS) is 12.9. The fourth-order valence-corrected chi connectivity index (χ4v) is 1.82. The van der Waals surface area contributed by atoms with Gasteiger partial charge in [0.2, 0.25) is 0 Å². The van der Waals surface area contributed by atoms with Gasteiger partial charge in [0.05, 0.1) is 5.39 Å². The zero-order valence-corrected chi connectivity index (χ0v) is 9.47. The third-order valence-corrected chi connectivity index (χ3v) is 2.89. The van der Waals surface area contributed by atoms with E-state index in [-0.39, 0.29) is 11.4 Å². The lowest BCUT2D eigenvalue weighted by Gasteiger charge is -2.13. The van der Waals surface area contributed by atoms with Crippen molar-refractivity contribution in [2.75, 3.05) is 7.05 Å². The van der Waals surface area contributed by atoms with Gasteiger partial charge in [0.15, 0.2) is 11.6 Å². The first-order valence-corrected chi connectivity index (χ1v) is 5.22. The average Bonchev–Trinajstić information content (AvgIpc) is 2.33. The van der Waals surface area contributed by atoms with Crippen LogP contribution in [0.2, 0.25) is 0 Å². The molecule has 1 aromatic carbocycles. The van der Waals surface area contributed by atoms with Gasteiger partial charge in [0.1, 0.15) is 0 Å². The number of nitrogens with one attached hydrogen (secondary N) is 2. The van der Waals surface area contributed by atoms with Gasteiger partial charge in [-0.25, -0.2) is 8.78 Å². The van der Waals surface area contributed by atoms with Crippen molar-refractivity contribution in [2.24, 2.45) is 0 Å². The van der Waals surface area contributed by atoms with Crippen LogP contribution in [0.3, 0.4) is 0 Å². The van der Waals surface area contributed by atoms with E-state index in [9.17, 15) is 13.6 Å². The molecule has 2 N–H and O–H groups in total. The maximum atomic E-state index is 13.6. The number of pyridine rings is 1. The van der Waals surface area contributed by atoms with E-state index in [2.05, 4.69) is 10.3 Å². The third kappa shape index (κ3) is 1.82. The van der Waals surface area contributed by atoms with Gasteiger partial charge < -0.3 is 10.3 Å². The number of fused-ring (bicyclic) bond motifs is 1. The van der Waals surface area contributed by atoms with Crippen molar-refractivity contribution in [2.45, 2.75) is 13.0 Å². The highest BCUT2D eigenvalue weighted by atomic mass is 19.2. The minimum Gasteiger partial charge on any atom is -0.328 e. The molecule has 1 unspecified atom stereocenters. The Balaban J connectivity index is 2.88. The summed E-state index contributed by atoms with van der Waals surface area (Å²) in [5.74, 6) is -2.12. The van der Waals surface area contributed by atoms with Crippen LogP contribution in [0, 0.1) is 11.6 Å². The second kappa shape index (κ2) is 4.25. The van der Waals surface area contributed by atoms with E-state index in [4.69, 9.17) is 0 Å². The van der Waals surface area contributed by atoms with Crippen molar-refractivity contribution < 1.29 is 8.78 Å². The summed E-state index contributed by atoms with van der Waals surface area (Å²) in [5.41, 5.74) is 0.102. The molecule has 90 valence electrons. The molecule has 5 heteroatoms. The molecular weight excluding hydrogens is 226 g/mol. The summed E-state index contributed by atoms with van der Waals surface area (Å²) in [4.78, 5) is 14.0. The SMILES string of the molecule is CNC(C)c1c[nH]c(=O)c2c(F)c(F)ccc12. The molecule has 1 heterocycles. The van der Waals surface area contributed by atoms with E-state index >= 15 is 0 Å². The Bertz CT molecular complexity index is 622. The van der Waals surface area contributed by atoms with Gasteiger partial charge >= 0.3 is 0 Å². The number of benzene rings is 1. The molecule has 0 amide bonds. The van der Waals surface area contributed by atoms with E-state index in [1.807, 2.05) is 6.92 Å². The standard InChI is InChI=1S/C12H12F2N2O/c1-6(15-2)8-5-16-12(17)10-7(8)3-4-9(13)11(10)14/h3-6,15H,1-2H3,(H,16,17). The minimum atomic E-state index is -1.10. The first-order chi connectivity index (χ1) is 8.06. The average molecular weight is 238 g/mol. The van der Waals surface area contributed by atoms with Gasteiger partial charge in [0.25, 0.3) is 5.56 Å². The van der Waals surface area contributed by atoms with Gasteiger partial charge in [-0.2, -0.15) is 0 Å². The zero-order chi connectivity index (χ0) is 12.6. The van der Waals surface area contributed by atoms with Gasteiger partial charge in [-0.05, 0) is 31.0 Å². The quantitative estimate of drug-likeness (QED) is 0.841. The predicted molar refractivity (Wildman–Crippen MR) is 62.0 cm³/mol. The van der Waals surface area contributed by atoms with Crippen LogP contribution < -0.4 is 10.9 Å². The Morgan fingerprint density at radius 1 is 1.35 bits per heavy atom. The molecule has 0 bridgehead atoms. The van der Waals surface area contributed by atoms with Crippen molar-refractivity contribution in [1.29, 1.82) is 0 Å². The molecule has 1 atom stereocenters. The first-order valence-electron chi connectivity index (χ1n) is 5.22. The highest BCUT2D eigenvalue weighted by Gasteiger charge is 2.15. The van der Waals surface area contributed by atoms with Crippen molar-refractivity contribution in [1.82, 2.24) is 10.3 Å². The number of hydrogen-bond acceptors (Lipinski definition) is 2. The largest absolute Gasteiger partial charge is 0.328 e. The van der Waals surface area contributed by atoms with Crippen molar-refractivity contribution in [3.05, 3.63) is 45.9 Å². The summed E-state index contributed by atoms with van der Waals surface area (Å²) in [6.07, 6.45) is 1.52. The molecule has 2 aromatic rings. The molecule has 0 aliphatic heterocycles. The van der Waals surface area contributed by atoms with Crippen LogP contribution >= 0.6 is 0 Å². The molecule has 1 aromatic heterocycles. The maximum absolute atomic E-state index is 13.6. The Hall–Kier alpha value is -1.75. The van der Waals surface area contributed by atoms with Crippen molar-refractivity contribution in [3.8, 4) is 0 Å². The van der Waals surface area contributed by atoms with Crippen molar-refractivity contribution in [3.63, 3.8) is 0 Å². The van der Waals surface area contributed by atoms with Crippen LogP contribution in [-0.2, 0) is 0 Å². The summed E-state index contributed by atoms with van der Waals surface area (Å²) in [7, 11) is 1.75. The molecule has 0 fully saturated rings. The number of rotatable bonds is 2. The van der Waals surface area contributed by atoms with E-state index < -0.39 is 17.2 Å². The lowest BCUT2D eigenvalue weighted by atomic mass is 10.0. The lowest BCUT2D eigenvalue weighted by Crippen LogP contribution is -2.17. The highest BCUT2D eigenvalue weighted by Crippen LogP contribution is 2.23. The number of aromatic amines is 1. The lowest BCUT2D eigenvalue weighted by molar-refractivity contribution is 0.516. The third-order valence-electron chi connectivity index (χ3n) is 2.89. The maximum Gasteiger partial charge on any atom is 0.258 e.